The van der Waals surface area contributed by atoms with Crippen molar-refractivity contribution < 1.29 is 19.4 Å². The van der Waals surface area contributed by atoms with Crippen molar-refractivity contribution in [2.24, 2.45) is 0 Å². The maximum atomic E-state index is 11.5. The fourth-order valence-electron chi connectivity index (χ4n) is 2.07. The molecular formula is C16H17BrO4. The Kier molecular flexibility index (Phi) is 5.59. The van der Waals surface area contributed by atoms with Crippen LogP contribution in [0.4, 0.5) is 0 Å². The van der Waals surface area contributed by atoms with Crippen LogP contribution in [0, 0.1) is 0 Å². The molecule has 0 heterocycles. The highest BCUT2D eigenvalue weighted by atomic mass is 79.9. The summed E-state index contributed by atoms with van der Waals surface area (Å²) in [5, 5.41) is 10.1. The molecule has 112 valence electrons. The first-order valence-corrected chi connectivity index (χ1v) is 7.43. The molecule has 1 aromatic carbocycles. The maximum absolute atomic E-state index is 11.5. The van der Waals surface area contributed by atoms with E-state index in [0.717, 1.165) is 16.5 Å². The molecule has 0 amide bonds. The zero-order valence-corrected chi connectivity index (χ0v) is 13.3. The van der Waals surface area contributed by atoms with E-state index in [1.54, 1.807) is 6.08 Å². The van der Waals surface area contributed by atoms with E-state index in [9.17, 15) is 9.90 Å². The molecule has 1 aliphatic rings. The molecule has 0 radical (unpaired) electrons. The molecule has 4 nitrogen and oxygen atoms in total. The highest BCUT2D eigenvalue weighted by molar-refractivity contribution is 9.11. The monoisotopic (exact) mass is 352 g/mol. The molecule has 1 unspecified atom stereocenters. The molecule has 5 heteroatoms. The lowest BCUT2D eigenvalue weighted by molar-refractivity contribution is -0.148. The van der Waals surface area contributed by atoms with Crippen LogP contribution in [0.15, 0.2) is 52.2 Å². The van der Waals surface area contributed by atoms with Gasteiger partial charge >= 0.3 is 5.97 Å². The Balaban J connectivity index is 2.17. The predicted octanol–water partition coefficient (Wildman–Crippen LogP) is 3.06. The van der Waals surface area contributed by atoms with Gasteiger partial charge in [0.15, 0.2) is 6.10 Å². The fraction of sp³-hybridized carbons (Fsp3) is 0.312. The van der Waals surface area contributed by atoms with E-state index < -0.39 is 12.1 Å². The van der Waals surface area contributed by atoms with Crippen molar-refractivity contribution in [2.45, 2.75) is 25.6 Å². The number of benzene rings is 1. The Hall–Kier alpha value is -1.59. The van der Waals surface area contributed by atoms with E-state index in [4.69, 9.17) is 4.74 Å². The number of allylic oxidation sites excluding steroid dienone is 2. The molecule has 1 atom stereocenters. The number of halogens is 1. The average molecular weight is 353 g/mol. The molecule has 1 N–H and O–H groups in total. The van der Waals surface area contributed by atoms with E-state index >= 15 is 0 Å². The molecule has 0 aliphatic heterocycles. The summed E-state index contributed by atoms with van der Waals surface area (Å²) >= 11 is 3.40. The third kappa shape index (κ3) is 4.19. The minimum Gasteiger partial charge on any atom is -0.493 e. The van der Waals surface area contributed by atoms with E-state index in [0.29, 0.717) is 24.4 Å². The number of carbonyl (C=O) groups excluding carboxylic acids is 1. The molecule has 0 fully saturated rings. The minimum absolute atomic E-state index is 0.402. The number of hydrogen-bond donors (Lipinski definition) is 1. The number of aliphatic hydroxyl groups is 1. The summed E-state index contributed by atoms with van der Waals surface area (Å²) < 4.78 is 11.3. The summed E-state index contributed by atoms with van der Waals surface area (Å²) in [5.41, 5.74) is 1.49. The first kappa shape index (κ1) is 15.8. The van der Waals surface area contributed by atoms with Crippen molar-refractivity contribution in [1.82, 2.24) is 0 Å². The Morgan fingerprint density at radius 2 is 2.05 bits per heavy atom. The van der Waals surface area contributed by atoms with E-state index in [1.807, 2.05) is 30.3 Å². The maximum Gasteiger partial charge on any atom is 0.339 e. The van der Waals surface area contributed by atoms with Crippen LogP contribution in [0.5, 0.6) is 0 Å². The highest BCUT2D eigenvalue weighted by Crippen LogP contribution is 2.30. The van der Waals surface area contributed by atoms with Gasteiger partial charge in [-0.15, -0.1) is 0 Å². The van der Waals surface area contributed by atoms with Gasteiger partial charge in [-0.1, -0.05) is 46.3 Å². The Morgan fingerprint density at radius 3 is 2.71 bits per heavy atom. The number of ether oxygens (including phenoxy) is 2. The standard InChI is InChI=1S/C16H17BrO4/c1-20-16(19)15(18)13-9-12(17)7-8-14(13)21-10-11-5-3-2-4-6-11/h2-6,9,15,18H,7-8,10H2,1H3. The van der Waals surface area contributed by atoms with Crippen LogP contribution < -0.4 is 0 Å². The topological polar surface area (TPSA) is 55.8 Å². The van der Waals surface area contributed by atoms with E-state index in [1.165, 1.54) is 7.11 Å². The normalized spacial score (nSPS) is 16.2. The summed E-state index contributed by atoms with van der Waals surface area (Å²) in [6.45, 7) is 0.402. The highest BCUT2D eigenvalue weighted by Gasteiger charge is 2.26. The number of aliphatic hydroxyl groups excluding tert-OH is 1. The summed E-state index contributed by atoms with van der Waals surface area (Å²) in [4.78, 5) is 11.5. The molecule has 1 aliphatic carbocycles. The zero-order valence-electron chi connectivity index (χ0n) is 11.7. The van der Waals surface area contributed by atoms with Gasteiger partial charge in [-0.25, -0.2) is 4.79 Å². The van der Waals surface area contributed by atoms with Gasteiger partial charge in [-0.3, -0.25) is 0 Å². The predicted molar refractivity (Wildman–Crippen MR) is 82.5 cm³/mol. The summed E-state index contributed by atoms with van der Waals surface area (Å²) in [6, 6.07) is 9.75. The van der Waals surface area contributed by atoms with Crippen molar-refractivity contribution >= 4 is 21.9 Å². The van der Waals surface area contributed by atoms with Gasteiger partial charge in [0, 0.05) is 12.0 Å². The van der Waals surface area contributed by atoms with Crippen LogP contribution in [0.1, 0.15) is 18.4 Å². The van der Waals surface area contributed by atoms with Crippen molar-refractivity contribution in [2.75, 3.05) is 7.11 Å². The van der Waals surface area contributed by atoms with Crippen LogP contribution in [0.3, 0.4) is 0 Å². The molecule has 0 spiro atoms. The van der Waals surface area contributed by atoms with Gasteiger partial charge in [0.25, 0.3) is 0 Å². The Bertz CT molecular complexity index is 563. The smallest absolute Gasteiger partial charge is 0.339 e. The lowest BCUT2D eigenvalue weighted by atomic mass is 10.00. The van der Waals surface area contributed by atoms with E-state index in [2.05, 4.69) is 20.7 Å². The van der Waals surface area contributed by atoms with Crippen molar-refractivity contribution in [3.05, 3.63) is 57.8 Å². The molecule has 0 bridgehead atoms. The van der Waals surface area contributed by atoms with Crippen molar-refractivity contribution in [3.63, 3.8) is 0 Å². The number of esters is 1. The minimum atomic E-state index is -1.33. The molecule has 0 saturated heterocycles. The summed E-state index contributed by atoms with van der Waals surface area (Å²) in [7, 11) is 1.25. The second-order valence-electron chi connectivity index (χ2n) is 4.67. The van der Waals surface area contributed by atoms with Crippen LogP contribution >= 0.6 is 15.9 Å². The Morgan fingerprint density at radius 1 is 1.33 bits per heavy atom. The molecule has 21 heavy (non-hydrogen) atoms. The van der Waals surface area contributed by atoms with Gasteiger partial charge in [-0.05, 0) is 22.5 Å². The summed E-state index contributed by atoms with van der Waals surface area (Å²) in [6.07, 6.45) is 1.81. The van der Waals surface area contributed by atoms with E-state index in [-0.39, 0.29) is 0 Å². The molecule has 0 aromatic heterocycles. The second-order valence-corrected chi connectivity index (χ2v) is 5.69. The van der Waals surface area contributed by atoms with Gasteiger partial charge in [0.2, 0.25) is 0 Å². The Labute approximate surface area is 132 Å². The SMILES string of the molecule is COC(=O)C(O)C1=C(OCc2ccccc2)CCC(Br)=C1. The third-order valence-corrected chi connectivity index (χ3v) is 3.83. The second kappa shape index (κ2) is 7.43. The quantitative estimate of drug-likeness (QED) is 0.827. The number of methoxy groups -OCH3 is 1. The number of rotatable bonds is 5. The zero-order chi connectivity index (χ0) is 15.2. The van der Waals surface area contributed by atoms with Crippen molar-refractivity contribution in [3.8, 4) is 0 Å². The molecule has 2 rings (SSSR count). The van der Waals surface area contributed by atoms with Gasteiger partial charge in [-0.2, -0.15) is 0 Å². The molecule has 1 aromatic rings. The summed E-state index contributed by atoms with van der Waals surface area (Å²) in [5.74, 6) is -0.0655. The first-order valence-electron chi connectivity index (χ1n) is 6.63. The fourth-order valence-corrected chi connectivity index (χ4v) is 2.51. The largest absolute Gasteiger partial charge is 0.493 e. The van der Waals surface area contributed by atoms with Gasteiger partial charge in [0.05, 0.1) is 7.11 Å². The average Bonchev–Trinajstić information content (AvgIpc) is 2.53. The van der Waals surface area contributed by atoms with Crippen LogP contribution in [0.25, 0.3) is 0 Å². The van der Waals surface area contributed by atoms with Gasteiger partial charge in [0.1, 0.15) is 12.4 Å². The number of carbonyl (C=O) groups is 1. The first-order chi connectivity index (χ1) is 10.1. The van der Waals surface area contributed by atoms with Crippen LogP contribution in [0.2, 0.25) is 0 Å². The van der Waals surface area contributed by atoms with Crippen LogP contribution in [-0.4, -0.2) is 24.3 Å². The molecule has 0 saturated carbocycles. The van der Waals surface area contributed by atoms with Crippen molar-refractivity contribution in [1.29, 1.82) is 0 Å². The third-order valence-electron chi connectivity index (χ3n) is 3.20. The number of hydrogen-bond acceptors (Lipinski definition) is 4. The van der Waals surface area contributed by atoms with Crippen LogP contribution in [-0.2, 0) is 20.9 Å². The lowest BCUT2D eigenvalue weighted by Crippen LogP contribution is -2.26. The lowest BCUT2D eigenvalue weighted by Gasteiger charge is -2.21. The molecular weight excluding hydrogens is 336 g/mol. The van der Waals surface area contributed by atoms with Gasteiger partial charge < -0.3 is 14.6 Å².